The summed E-state index contributed by atoms with van der Waals surface area (Å²) < 4.78 is 24.6. The summed E-state index contributed by atoms with van der Waals surface area (Å²) in [5, 5.41) is 3.34. The molecule has 0 amide bonds. The van der Waals surface area contributed by atoms with Crippen LogP contribution in [0.1, 0.15) is 38.8 Å². The molecular formula is C15H24FNO2. The summed E-state index contributed by atoms with van der Waals surface area (Å²) >= 11 is 0. The number of ether oxygens (including phenoxy) is 2. The predicted molar refractivity (Wildman–Crippen MR) is 75.1 cm³/mol. The zero-order chi connectivity index (χ0) is 14.1. The van der Waals surface area contributed by atoms with Gasteiger partial charge in [0.2, 0.25) is 0 Å². The molecule has 0 aromatic heterocycles. The number of para-hydroxylation sites is 1. The van der Waals surface area contributed by atoms with Gasteiger partial charge in [-0.25, -0.2) is 4.39 Å². The maximum Gasteiger partial charge on any atom is 0.165 e. The van der Waals surface area contributed by atoms with E-state index in [0.29, 0.717) is 25.6 Å². The maximum absolute atomic E-state index is 13.8. The van der Waals surface area contributed by atoms with E-state index in [-0.39, 0.29) is 11.9 Å². The van der Waals surface area contributed by atoms with Crippen LogP contribution in [0.3, 0.4) is 0 Å². The molecule has 0 aliphatic carbocycles. The number of rotatable bonds is 9. The van der Waals surface area contributed by atoms with Crippen LogP contribution < -0.4 is 10.1 Å². The Bertz CT molecular complexity index is 371. The molecule has 0 saturated carbocycles. The Morgan fingerprint density at radius 3 is 2.74 bits per heavy atom. The van der Waals surface area contributed by atoms with Crippen LogP contribution in [0.15, 0.2) is 18.2 Å². The average Bonchev–Trinajstić information content (AvgIpc) is 2.42. The standard InChI is InChI=1S/C15H24FNO2/c1-4-9-17-12(3)13-7-6-8-14(16)15(13)19-11-10-18-5-2/h6-8,12,17H,4-5,9-11H2,1-3H3. The van der Waals surface area contributed by atoms with Gasteiger partial charge in [0.1, 0.15) is 6.61 Å². The molecule has 1 aromatic carbocycles. The van der Waals surface area contributed by atoms with Crippen molar-refractivity contribution in [2.45, 2.75) is 33.2 Å². The third-order valence-corrected chi connectivity index (χ3v) is 2.84. The summed E-state index contributed by atoms with van der Waals surface area (Å²) in [6.07, 6.45) is 1.04. The van der Waals surface area contributed by atoms with E-state index in [1.54, 1.807) is 6.07 Å². The second kappa shape index (κ2) is 8.88. The Hall–Kier alpha value is -1.13. The fourth-order valence-corrected chi connectivity index (χ4v) is 1.84. The highest BCUT2D eigenvalue weighted by Crippen LogP contribution is 2.28. The van der Waals surface area contributed by atoms with E-state index in [4.69, 9.17) is 9.47 Å². The molecule has 0 aliphatic rings. The maximum atomic E-state index is 13.8. The van der Waals surface area contributed by atoms with Crippen LogP contribution >= 0.6 is 0 Å². The quantitative estimate of drug-likeness (QED) is 0.698. The summed E-state index contributed by atoms with van der Waals surface area (Å²) in [5.74, 6) is 0.0115. The van der Waals surface area contributed by atoms with Crippen molar-refractivity contribution in [1.29, 1.82) is 0 Å². The Labute approximate surface area is 115 Å². The van der Waals surface area contributed by atoms with E-state index in [1.165, 1.54) is 6.07 Å². The summed E-state index contributed by atoms with van der Waals surface area (Å²) in [6, 6.07) is 5.10. The van der Waals surface area contributed by atoms with Gasteiger partial charge in [0.15, 0.2) is 11.6 Å². The second-order valence-corrected chi connectivity index (χ2v) is 4.38. The van der Waals surface area contributed by atoms with Crippen molar-refractivity contribution >= 4 is 0 Å². The lowest BCUT2D eigenvalue weighted by Gasteiger charge is -2.18. The number of nitrogens with one attached hydrogen (secondary N) is 1. The van der Waals surface area contributed by atoms with E-state index in [1.807, 2.05) is 19.9 Å². The van der Waals surface area contributed by atoms with Crippen LogP contribution in [0.4, 0.5) is 4.39 Å². The molecule has 0 bridgehead atoms. The van der Waals surface area contributed by atoms with Crippen LogP contribution in [0.25, 0.3) is 0 Å². The Kier molecular flexibility index (Phi) is 7.45. The first-order chi connectivity index (χ1) is 9.20. The van der Waals surface area contributed by atoms with E-state index >= 15 is 0 Å². The van der Waals surface area contributed by atoms with Gasteiger partial charge in [-0.05, 0) is 32.9 Å². The monoisotopic (exact) mass is 269 g/mol. The van der Waals surface area contributed by atoms with Gasteiger partial charge in [0.05, 0.1) is 6.61 Å². The SMILES string of the molecule is CCCNC(C)c1cccc(F)c1OCCOCC. The number of hydrogen-bond donors (Lipinski definition) is 1. The van der Waals surface area contributed by atoms with Crippen molar-refractivity contribution < 1.29 is 13.9 Å². The van der Waals surface area contributed by atoms with Crippen LogP contribution in [-0.2, 0) is 4.74 Å². The van der Waals surface area contributed by atoms with Gasteiger partial charge >= 0.3 is 0 Å². The van der Waals surface area contributed by atoms with Gasteiger partial charge in [-0.1, -0.05) is 19.1 Å². The Morgan fingerprint density at radius 2 is 2.05 bits per heavy atom. The van der Waals surface area contributed by atoms with Gasteiger partial charge in [-0.15, -0.1) is 0 Å². The minimum atomic E-state index is -0.320. The van der Waals surface area contributed by atoms with E-state index in [9.17, 15) is 4.39 Å². The first-order valence-corrected chi connectivity index (χ1v) is 6.93. The van der Waals surface area contributed by atoms with Crippen molar-refractivity contribution in [2.75, 3.05) is 26.4 Å². The largest absolute Gasteiger partial charge is 0.488 e. The molecule has 0 fully saturated rings. The zero-order valence-electron chi connectivity index (χ0n) is 12.0. The topological polar surface area (TPSA) is 30.5 Å². The highest BCUT2D eigenvalue weighted by Gasteiger charge is 2.14. The number of hydrogen-bond acceptors (Lipinski definition) is 3. The molecule has 1 aromatic rings. The number of halogens is 1. The molecule has 0 heterocycles. The van der Waals surface area contributed by atoms with Crippen molar-refractivity contribution in [3.05, 3.63) is 29.6 Å². The lowest BCUT2D eigenvalue weighted by atomic mass is 10.1. The molecular weight excluding hydrogens is 245 g/mol. The van der Waals surface area contributed by atoms with E-state index in [0.717, 1.165) is 18.5 Å². The van der Waals surface area contributed by atoms with Gasteiger partial charge in [-0.2, -0.15) is 0 Å². The molecule has 0 radical (unpaired) electrons. The van der Waals surface area contributed by atoms with Gasteiger partial charge < -0.3 is 14.8 Å². The first-order valence-electron chi connectivity index (χ1n) is 6.93. The van der Waals surface area contributed by atoms with Crippen LogP contribution in [-0.4, -0.2) is 26.4 Å². The van der Waals surface area contributed by atoms with Crippen molar-refractivity contribution in [1.82, 2.24) is 5.32 Å². The lowest BCUT2D eigenvalue weighted by Crippen LogP contribution is -2.20. The summed E-state index contributed by atoms with van der Waals surface area (Å²) in [7, 11) is 0. The summed E-state index contributed by atoms with van der Waals surface area (Å²) in [5.41, 5.74) is 0.852. The normalized spacial score (nSPS) is 12.4. The summed E-state index contributed by atoms with van der Waals surface area (Å²) in [4.78, 5) is 0. The molecule has 3 nitrogen and oxygen atoms in total. The van der Waals surface area contributed by atoms with Crippen molar-refractivity contribution in [3.63, 3.8) is 0 Å². The molecule has 0 aliphatic heterocycles. The molecule has 108 valence electrons. The minimum absolute atomic E-state index is 0.0674. The fourth-order valence-electron chi connectivity index (χ4n) is 1.84. The molecule has 1 atom stereocenters. The van der Waals surface area contributed by atoms with Crippen molar-refractivity contribution in [2.24, 2.45) is 0 Å². The third-order valence-electron chi connectivity index (χ3n) is 2.84. The van der Waals surface area contributed by atoms with Crippen LogP contribution in [0.2, 0.25) is 0 Å². The fraction of sp³-hybridized carbons (Fsp3) is 0.600. The smallest absolute Gasteiger partial charge is 0.165 e. The molecule has 1 N–H and O–H groups in total. The third kappa shape index (κ3) is 5.17. The Morgan fingerprint density at radius 1 is 1.26 bits per heavy atom. The van der Waals surface area contributed by atoms with Crippen LogP contribution in [0, 0.1) is 5.82 Å². The van der Waals surface area contributed by atoms with Gasteiger partial charge in [-0.3, -0.25) is 0 Å². The molecule has 0 saturated heterocycles. The van der Waals surface area contributed by atoms with Crippen LogP contribution in [0.5, 0.6) is 5.75 Å². The highest BCUT2D eigenvalue weighted by molar-refractivity contribution is 5.37. The average molecular weight is 269 g/mol. The molecule has 0 spiro atoms. The van der Waals surface area contributed by atoms with Gasteiger partial charge in [0.25, 0.3) is 0 Å². The molecule has 1 rings (SSSR count). The van der Waals surface area contributed by atoms with Gasteiger partial charge in [0, 0.05) is 18.2 Å². The number of benzene rings is 1. The summed E-state index contributed by atoms with van der Waals surface area (Å²) in [6.45, 7) is 8.41. The highest BCUT2D eigenvalue weighted by atomic mass is 19.1. The minimum Gasteiger partial charge on any atom is -0.488 e. The molecule has 1 unspecified atom stereocenters. The second-order valence-electron chi connectivity index (χ2n) is 4.38. The molecule has 4 heteroatoms. The van der Waals surface area contributed by atoms with E-state index < -0.39 is 0 Å². The van der Waals surface area contributed by atoms with Crippen molar-refractivity contribution in [3.8, 4) is 5.75 Å². The zero-order valence-corrected chi connectivity index (χ0v) is 12.0. The lowest BCUT2D eigenvalue weighted by molar-refractivity contribution is 0.108. The predicted octanol–water partition coefficient (Wildman–Crippen LogP) is 3.30. The van der Waals surface area contributed by atoms with E-state index in [2.05, 4.69) is 12.2 Å². The molecule has 19 heavy (non-hydrogen) atoms. The first kappa shape index (κ1) is 15.9. The Balaban J connectivity index is 2.71.